The fourth-order valence-corrected chi connectivity index (χ4v) is 3.17. The lowest BCUT2D eigenvalue weighted by atomic mass is 10.2. The Balaban J connectivity index is 1.58. The number of carbonyl (C=O) groups is 2. The molecule has 0 saturated carbocycles. The Labute approximate surface area is 165 Å². The number of hydrogen-bond acceptors (Lipinski definition) is 5. The van der Waals surface area contributed by atoms with E-state index >= 15 is 0 Å². The molecule has 1 aliphatic heterocycles. The molecule has 4 rings (SSSR count). The molecule has 3 aromatic rings. The minimum absolute atomic E-state index is 0.209. The second kappa shape index (κ2) is 7.70. The summed E-state index contributed by atoms with van der Waals surface area (Å²) < 4.78 is 21.7. The van der Waals surface area contributed by atoms with Crippen molar-refractivity contribution in [1.82, 2.24) is 20.1 Å². The maximum atomic E-state index is 14.9. The van der Waals surface area contributed by atoms with Crippen molar-refractivity contribution < 1.29 is 18.7 Å². The van der Waals surface area contributed by atoms with Crippen LogP contribution in [0.5, 0.6) is 0 Å². The largest absolute Gasteiger partial charge is 0.442 e. The normalized spacial score (nSPS) is 16.0. The van der Waals surface area contributed by atoms with Crippen LogP contribution in [0.1, 0.15) is 6.92 Å². The summed E-state index contributed by atoms with van der Waals surface area (Å²) in [7, 11) is 0. The maximum Gasteiger partial charge on any atom is 0.414 e. The van der Waals surface area contributed by atoms with E-state index in [1.165, 1.54) is 22.6 Å². The summed E-state index contributed by atoms with van der Waals surface area (Å²) in [6.45, 7) is 1.82. The van der Waals surface area contributed by atoms with Gasteiger partial charge in [-0.3, -0.25) is 14.7 Å². The van der Waals surface area contributed by atoms with Gasteiger partial charge in [0.15, 0.2) is 5.82 Å². The number of cyclic esters (lactones) is 1. The molecular formula is C20H18FN5O3. The van der Waals surface area contributed by atoms with Gasteiger partial charge in [0.25, 0.3) is 0 Å². The van der Waals surface area contributed by atoms with Crippen molar-refractivity contribution in [1.29, 1.82) is 0 Å². The number of nitrogens with one attached hydrogen (secondary N) is 1. The van der Waals surface area contributed by atoms with E-state index in [1.54, 1.807) is 36.8 Å². The minimum Gasteiger partial charge on any atom is -0.442 e. The van der Waals surface area contributed by atoms with Crippen LogP contribution < -0.4 is 10.2 Å². The molecule has 29 heavy (non-hydrogen) atoms. The van der Waals surface area contributed by atoms with Crippen molar-refractivity contribution >= 4 is 17.7 Å². The third-order valence-electron chi connectivity index (χ3n) is 4.54. The zero-order valence-corrected chi connectivity index (χ0v) is 15.6. The number of halogens is 1. The van der Waals surface area contributed by atoms with Crippen LogP contribution in [0.15, 0.2) is 55.0 Å². The van der Waals surface area contributed by atoms with Crippen molar-refractivity contribution in [3.05, 3.63) is 60.8 Å². The van der Waals surface area contributed by atoms with Gasteiger partial charge < -0.3 is 10.1 Å². The van der Waals surface area contributed by atoms with Crippen LogP contribution in [-0.4, -0.2) is 46.0 Å². The van der Waals surface area contributed by atoms with Crippen LogP contribution in [0.4, 0.5) is 14.9 Å². The molecule has 0 bridgehead atoms. The predicted molar refractivity (Wildman–Crippen MR) is 103 cm³/mol. The molecule has 9 heteroatoms. The van der Waals surface area contributed by atoms with Crippen LogP contribution in [0.3, 0.4) is 0 Å². The van der Waals surface area contributed by atoms with Gasteiger partial charge in [0.05, 0.1) is 30.7 Å². The second-order valence-electron chi connectivity index (χ2n) is 6.55. The third kappa shape index (κ3) is 3.79. The third-order valence-corrected chi connectivity index (χ3v) is 4.54. The average molecular weight is 395 g/mol. The highest BCUT2D eigenvalue weighted by atomic mass is 19.1. The monoisotopic (exact) mass is 395 g/mol. The van der Waals surface area contributed by atoms with Crippen LogP contribution in [0.25, 0.3) is 16.9 Å². The number of carbonyl (C=O) groups excluding carboxylic acids is 2. The molecule has 148 valence electrons. The van der Waals surface area contributed by atoms with Crippen LogP contribution in [-0.2, 0) is 9.53 Å². The molecule has 1 aliphatic rings. The van der Waals surface area contributed by atoms with E-state index < -0.39 is 18.0 Å². The van der Waals surface area contributed by atoms with Crippen molar-refractivity contribution in [2.45, 2.75) is 13.0 Å². The van der Waals surface area contributed by atoms with E-state index in [-0.39, 0.29) is 24.7 Å². The molecule has 0 radical (unpaired) electrons. The Morgan fingerprint density at radius 2 is 2.03 bits per heavy atom. The fourth-order valence-electron chi connectivity index (χ4n) is 3.17. The van der Waals surface area contributed by atoms with Crippen LogP contribution >= 0.6 is 0 Å². The van der Waals surface area contributed by atoms with Crippen LogP contribution in [0.2, 0.25) is 0 Å². The number of amides is 2. The molecule has 0 aliphatic carbocycles. The SMILES string of the molecule is CC(=O)NC[C@H]1CN(c2ccc(-n3nccc3-c3ccncc3)c(F)c2)C(=O)O1. The molecule has 8 nitrogen and oxygen atoms in total. The maximum absolute atomic E-state index is 14.9. The Hall–Kier alpha value is -3.75. The number of pyridine rings is 1. The predicted octanol–water partition coefficient (Wildman–Crippen LogP) is 2.53. The average Bonchev–Trinajstić information content (AvgIpc) is 3.33. The Morgan fingerprint density at radius 3 is 2.76 bits per heavy atom. The molecule has 0 spiro atoms. The number of anilines is 1. The molecule has 2 amide bonds. The lowest BCUT2D eigenvalue weighted by Gasteiger charge is -2.15. The highest BCUT2D eigenvalue weighted by molar-refractivity contribution is 5.90. The van der Waals surface area contributed by atoms with Crippen LogP contribution in [0, 0.1) is 5.82 Å². The van der Waals surface area contributed by atoms with Crippen molar-refractivity contribution in [2.75, 3.05) is 18.0 Å². The summed E-state index contributed by atoms with van der Waals surface area (Å²) in [6, 6.07) is 9.89. The summed E-state index contributed by atoms with van der Waals surface area (Å²) in [4.78, 5) is 28.5. The van der Waals surface area contributed by atoms with Gasteiger partial charge in [-0.1, -0.05) is 0 Å². The van der Waals surface area contributed by atoms with E-state index in [4.69, 9.17) is 4.74 Å². The molecule has 1 aromatic carbocycles. The van der Waals surface area contributed by atoms with Gasteiger partial charge in [0, 0.05) is 24.9 Å². The summed E-state index contributed by atoms with van der Waals surface area (Å²) >= 11 is 0. The zero-order valence-electron chi connectivity index (χ0n) is 15.6. The number of hydrogen-bond donors (Lipinski definition) is 1. The molecule has 0 unspecified atom stereocenters. The second-order valence-corrected chi connectivity index (χ2v) is 6.55. The van der Waals surface area contributed by atoms with Crippen molar-refractivity contribution in [2.24, 2.45) is 0 Å². The van der Waals surface area contributed by atoms with E-state index in [1.807, 2.05) is 12.1 Å². The van der Waals surface area contributed by atoms with Gasteiger partial charge in [-0.2, -0.15) is 5.10 Å². The first-order valence-electron chi connectivity index (χ1n) is 9.00. The van der Waals surface area contributed by atoms with Gasteiger partial charge in [-0.25, -0.2) is 13.9 Å². The Kier molecular flexibility index (Phi) is 4.94. The van der Waals surface area contributed by atoms with Gasteiger partial charge in [0.1, 0.15) is 11.8 Å². The molecule has 1 N–H and O–H groups in total. The van der Waals surface area contributed by atoms with Gasteiger partial charge in [-0.05, 0) is 36.4 Å². The number of benzene rings is 1. The smallest absolute Gasteiger partial charge is 0.414 e. The summed E-state index contributed by atoms with van der Waals surface area (Å²) in [6.07, 6.45) is 3.83. The lowest BCUT2D eigenvalue weighted by molar-refractivity contribution is -0.119. The van der Waals surface area contributed by atoms with Gasteiger partial charge in [-0.15, -0.1) is 0 Å². The first kappa shape index (κ1) is 18.6. The number of nitrogens with zero attached hydrogens (tertiary/aromatic N) is 4. The number of rotatable bonds is 5. The molecule has 1 saturated heterocycles. The van der Waals surface area contributed by atoms with E-state index in [0.717, 1.165) is 11.3 Å². The summed E-state index contributed by atoms with van der Waals surface area (Å²) in [5.74, 6) is -0.737. The van der Waals surface area contributed by atoms with E-state index in [9.17, 15) is 14.0 Å². The van der Waals surface area contributed by atoms with Gasteiger partial charge in [0.2, 0.25) is 5.91 Å². The molecular weight excluding hydrogens is 377 g/mol. The molecule has 2 aromatic heterocycles. The highest BCUT2D eigenvalue weighted by Gasteiger charge is 2.32. The van der Waals surface area contributed by atoms with Crippen molar-refractivity contribution in [3.8, 4) is 16.9 Å². The zero-order chi connectivity index (χ0) is 20.4. The highest BCUT2D eigenvalue weighted by Crippen LogP contribution is 2.28. The first-order valence-corrected chi connectivity index (χ1v) is 9.00. The molecule has 1 atom stereocenters. The first-order chi connectivity index (χ1) is 14.0. The summed E-state index contributed by atoms with van der Waals surface area (Å²) in [5, 5.41) is 6.84. The van der Waals surface area contributed by atoms with Crippen molar-refractivity contribution in [3.63, 3.8) is 0 Å². The standard InChI is InChI=1S/C20H18FN5O3/c1-13(27)23-11-16-12-25(20(28)29-16)15-2-3-19(17(21)10-15)26-18(6-9-24-26)14-4-7-22-8-5-14/h2-10,16H,11-12H2,1H3,(H,23,27)/t16-/m0/s1. The number of ether oxygens (including phenoxy) is 1. The number of aromatic nitrogens is 3. The minimum atomic E-state index is -0.580. The fraction of sp³-hybridized carbons (Fsp3) is 0.200. The van der Waals surface area contributed by atoms with Gasteiger partial charge >= 0.3 is 6.09 Å². The quantitative estimate of drug-likeness (QED) is 0.717. The summed E-state index contributed by atoms with van der Waals surface area (Å²) in [5.41, 5.74) is 2.20. The molecule has 3 heterocycles. The topological polar surface area (TPSA) is 89.4 Å². The molecule has 1 fully saturated rings. The van der Waals surface area contributed by atoms with E-state index in [0.29, 0.717) is 5.69 Å². The lowest BCUT2D eigenvalue weighted by Crippen LogP contribution is -2.33. The van der Waals surface area contributed by atoms with E-state index in [2.05, 4.69) is 15.4 Å². The Bertz CT molecular complexity index is 1050. The Morgan fingerprint density at radius 1 is 1.24 bits per heavy atom.